The SMILES string of the molecule is C.C.CC.CC.CC.CC.[CH3-].[Y].c1ccc2c(c1)Cc1ccccc1-2. The molecule has 0 fully saturated rings. The third-order valence-corrected chi connectivity index (χ3v) is 2.71. The van der Waals surface area contributed by atoms with Gasteiger partial charge in [-0.05, 0) is 28.7 Å². The number of hydrogen-bond donors (Lipinski definition) is 0. The summed E-state index contributed by atoms with van der Waals surface area (Å²) in [7, 11) is 0. The first kappa shape index (κ1) is 39.6. The number of rotatable bonds is 0. The van der Waals surface area contributed by atoms with Crippen molar-refractivity contribution in [2.75, 3.05) is 0 Å². The van der Waals surface area contributed by atoms with Crippen LogP contribution in [0, 0.1) is 7.43 Å². The molecule has 1 aliphatic carbocycles. The molecule has 3 rings (SSSR count). The van der Waals surface area contributed by atoms with E-state index in [1.165, 1.54) is 22.3 Å². The van der Waals surface area contributed by atoms with Gasteiger partial charge in [-0.25, -0.2) is 0 Å². The molecule has 145 valence electrons. The van der Waals surface area contributed by atoms with Crippen molar-refractivity contribution in [2.45, 2.75) is 76.7 Å². The van der Waals surface area contributed by atoms with E-state index >= 15 is 0 Å². The maximum Gasteiger partial charge on any atom is 0 e. The fourth-order valence-electron chi connectivity index (χ4n) is 2.08. The van der Waals surface area contributed by atoms with Gasteiger partial charge in [0.1, 0.15) is 0 Å². The second-order valence-corrected chi connectivity index (χ2v) is 3.49. The molecule has 0 bridgehead atoms. The van der Waals surface area contributed by atoms with Gasteiger partial charge in [0.05, 0.1) is 0 Å². The van der Waals surface area contributed by atoms with E-state index < -0.39 is 0 Å². The Morgan fingerprint density at radius 2 is 0.760 bits per heavy atom. The van der Waals surface area contributed by atoms with Crippen LogP contribution in [-0.2, 0) is 39.1 Å². The standard InChI is InChI=1S/C13H10.4C2H6.2CH4.CH3.Y/c1-3-7-12-10(5-1)9-11-6-2-4-8-13(11)12;4*1-2;;;;/h1-8H,9H2;4*1-2H3;2*1H4;1H3;/q;;;;;;;-1;. The van der Waals surface area contributed by atoms with Crippen molar-refractivity contribution in [2.24, 2.45) is 0 Å². The van der Waals surface area contributed by atoms with E-state index in [4.69, 9.17) is 0 Å². The monoisotopic (exact) mass is 422 g/mol. The molecule has 0 aromatic heterocycles. The summed E-state index contributed by atoms with van der Waals surface area (Å²) in [6.45, 7) is 16.0. The summed E-state index contributed by atoms with van der Waals surface area (Å²) in [6, 6.07) is 17.3. The fourth-order valence-corrected chi connectivity index (χ4v) is 2.08. The van der Waals surface area contributed by atoms with Crippen molar-refractivity contribution in [3.63, 3.8) is 0 Å². The van der Waals surface area contributed by atoms with Crippen LogP contribution < -0.4 is 0 Å². The molecule has 2 aromatic rings. The molecule has 2 aromatic carbocycles. The number of hydrogen-bond acceptors (Lipinski definition) is 0. The van der Waals surface area contributed by atoms with Crippen LogP contribution in [0.2, 0.25) is 0 Å². The summed E-state index contributed by atoms with van der Waals surface area (Å²) < 4.78 is 0. The maximum absolute atomic E-state index is 2.22. The summed E-state index contributed by atoms with van der Waals surface area (Å²) in [5.74, 6) is 0. The van der Waals surface area contributed by atoms with Crippen LogP contribution in [0.4, 0.5) is 0 Å². The van der Waals surface area contributed by atoms with Crippen LogP contribution in [0.25, 0.3) is 11.1 Å². The van der Waals surface area contributed by atoms with E-state index in [1.807, 2.05) is 55.4 Å². The predicted octanol–water partition coefficient (Wildman–Crippen LogP) is 9.08. The van der Waals surface area contributed by atoms with Crippen LogP contribution in [-0.4, -0.2) is 0 Å². The van der Waals surface area contributed by atoms with Crippen molar-refractivity contribution in [1.29, 1.82) is 0 Å². The van der Waals surface area contributed by atoms with Crippen LogP contribution >= 0.6 is 0 Å². The molecule has 0 saturated carbocycles. The Balaban J connectivity index is -0.0000000676. The van der Waals surface area contributed by atoms with E-state index in [0.717, 1.165) is 6.42 Å². The molecule has 0 atom stereocenters. The Labute approximate surface area is 186 Å². The molecule has 0 amide bonds. The van der Waals surface area contributed by atoms with Gasteiger partial charge in [-0.3, -0.25) is 0 Å². The third kappa shape index (κ3) is 12.5. The van der Waals surface area contributed by atoms with Gasteiger partial charge in [-0.15, -0.1) is 0 Å². The summed E-state index contributed by atoms with van der Waals surface area (Å²) >= 11 is 0. The minimum Gasteiger partial charge on any atom is -0.358 e. The summed E-state index contributed by atoms with van der Waals surface area (Å²) in [5, 5.41) is 0. The summed E-state index contributed by atoms with van der Waals surface area (Å²) in [4.78, 5) is 0. The average molecular weight is 423 g/mol. The van der Waals surface area contributed by atoms with Gasteiger partial charge >= 0.3 is 0 Å². The van der Waals surface area contributed by atoms with Gasteiger partial charge in [-0.2, -0.15) is 0 Å². The molecule has 0 saturated heterocycles. The molecule has 1 aliphatic rings. The molecule has 1 radical (unpaired) electrons. The van der Waals surface area contributed by atoms with Gasteiger partial charge in [0.15, 0.2) is 0 Å². The minimum atomic E-state index is 0. The fraction of sp³-hybridized carbons (Fsp3) is 0.458. The van der Waals surface area contributed by atoms with E-state index in [2.05, 4.69) is 48.5 Å². The zero-order valence-corrected chi connectivity index (χ0v) is 19.7. The molecule has 0 nitrogen and oxygen atoms in total. The number of benzene rings is 2. The minimum absolute atomic E-state index is 0. The van der Waals surface area contributed by atoms with Gasteiger partial charge in [-0.1, -0.05) is 119 Å². The van der Waals surface area contributed by atoms with Crippen molar-refractivity contribution in [1.82, 2.24) is 0 Å². The summed E-state index contributed by atoms with van der Waals surface area (Å²) in [6.07, 6.45) is 1.10. The molecular weight excluding hydrogens is 377 g/mol. The molecular formula is C24H45Y-. The molecule has 0 heterocycles. The summed E-state index contributed by atoms with van der Waals surface area (Å²) in [5.41, 5.74) is 5.75. The second-order valence-electron chi connectivity index (χ2n) is 3.49. The zero-order chi connectivity index (χ0) is 16.7. The smallest absolute Gasteiger partial charge is 0 e. The van der Waals surface area contributed by atoms with Crippen LogP contribution in [0.15, 0.2) is 48.5 Å². The molecule has 0 unspecified atom stereocenters. The first-order chi connectivity index (χ1) is 10.4. The molecule has 0 spiro atoms. The Morgan fingerprint density at radius 3 is 1.04 bits per heavy atom. The van der Waals surface area contributed by atoms with Crippen LogP contribution in [0.5, 0.6) is 0 Å². The zero-order valence-electron chi connectivity index (χ0n) is 16.9. The Morgan fingerprint density at radius 1 is 0.520 bits per heavy atom. The quantitative estimate of drug-likeness (QED) is 0.317. The largest absolute Gasteiger partial charge is 0.358 e. The van der Waals surface area contributed by atoms with E-state index in [0.29, 0.717) is 0 Å². The van der Waals surface area contributed by atoms with Crippen molar-refractivity contribution >= 4 is 0 Å². The topological polar surface area (TPSA) is 0 Å². The first-order valence-electron chi connectivity index (χ1n) is 8.61. The van der Waals surface area contributed by atoms with Crippen molar-refractivity contribution < 1.29 is 32.7 Å². The average Bonchev–Trinajstić information content (AvgIpc) is 3.01. The maximum atomic E-state index is 2.22. The first-order valence-corrected chi connectivity index (χ1v) is 8.61. The van der Waals surface area contributed by atoms with E-state index in [-0.39, 0.29) is 55.0 Å². The predicted molar refractivity (Wildman–Crippen MR) is 120 cm³/mol. The molecule has 0 aliphatic heterocycles. The second kappa shape index (κ2) is 28.4. The number of fused-ring (bicyclic) bond motifs is 3. The van der Waals surface area contributed by atoms with E-state index in [9.17, 15) is 0 Å². The van der Waals surface area contributed by atoms with Crippen LogP contribution in [0.1, 0.15) is 81.4 Å². The molecule has 1 heteroatoms. The third-order valence-electron chi connectivity index (χ3n) is 2.71. The molecule has 25 heavy (non-hydrogen) atoms. The Bertz CT molecular complexity index is 418. The van der Waals surface area contributed by atoms with Crippen LogP contribution in [0.3, 0.4) is 0 Å². The van der Waals surface area contributed by atoms with E-state index in [1.54, 1.807) is 0 Å². The van der Waals surface area contributed by atoms with Crippen molar-refractivity contribution in [3.8, 4) is 11.1 Å². The van der Waals surface area contributed by atoms with Gasteiger partial charge in [0, 0.05) is 32.7 Å². The Kier molecular flexibility index (Phi) is 44.9. The molecule has 0 N–H and O–H groups in total. The van der Waals surface area contributed by atoms with Crippen molar-refractivity contribution in [3.05, 3.63) is 67.1 Å². The van der Waals surface area contributed by atoms with Gasteiger partial charge in [0.2, 0.25) is 0 Å². The Hall–Kier alpha value is -0.456. The van der Waals surface area contributed by atoms with Gasteiger partial charge in [0.25, 0.3) is 0 Å². The van der Waals surface area contributed by atoms with Gasteiger partial charge < -0.3 is 7.43 Å². The normalized spacial score (nSPS) is 7.36.